The van der Waals surface area contributed by atoms with Crippen molar-refractivity contribution in [1.82, 2.24) is 0 Å². The second-order valence-corrected chi connectivity index (χ2v) is 9.21. The van der Waals surface area contributed by atoms with E-state index in [0.29, 0.717) is 11.6 Å². The molecule has 0 bridgehead atoms. The van der Waals surface area contributed by atoms with Crippen molar-refractivity contribution in [2.24, 2.45) is 4.99 Å². The molecule has 2 heterocycles. The Hall–Kier alpha value is -4.31. The van der Waals surface area contributed by atoms with Crippen LogP contribution in [0.3, 0.4) is 0 Å². The summed E-state index contributed by atoms with van der Waals surface area (Å²) in [4.78, 5) is 7.69. The van der Waals surface area contributed by atoms with E-state index in [1.54, 1.807) is 29.5 Å². The monoisotopic (exact) mass is 492 g/mol. The van der Waals surface area contributed by atoms with Crippen molar-refractivity contribution >= 4 is 34.6 Å². The number of ether oxygens (including phenoxy) is 1. The predicted molar refractivity (Wildman–Crippen MR) is 146 cm³/mol. The van der Waals surface area contributed by atoms with Crippen LogP contribution in [0.15, 0.2) is 89.2 Å². The first-order chi connectivity index (χ1) is 17.5. The highest BCUT2D eigenvalue weighted by atomic mass is 32.1. The number of phenolic OH excluding ortho intramolecular Hbond substituents is 1. The summed E-state index contributed by atoms with van der Waals surface area (Å²) < 4.78 is 5.23. The molecule has 2 N–H and O–H groups in total. The molecule has 1 aromatic heterocycles. The van der Waals surface area contributed by atoms with Crippen LogP contribution < -0.4 is 9.64 Å². The molecule has 0 spiro atoms. The Morgan fingerprint density at radius 1 is 1.00 bits per heavy atom. The number of aromatic hydroxyl groups is 1. The van der Waals surface area contributed by atoms with Crippen LogP contribution in [0.5, 0.6) is 11.5 Å². The number of amidine groups is 1. The Bertz CT molecular complexity index is 1530. The highest BCUT2D eigenvalue weighted by Crippen LogP contribution is 2.38. The molecule has 5 nitrogen and oxygen atoms in total. The molecule has 1 aliphatic heterocycles. The lowest BCUT2D eigenvalue weighted by atomic mass is 10.0. The van der Waals surface area contributed by atoms with Gasteiger partial charge in [-0.1, -0.05) is 48.2 Å². The molecule has 1 aliphatic rings. The maximum atomic E-state index is 11.4. The van der Waals surface area contributed by atoms with Crippen LogP contribution in [0, 0.1) is 18.8 Å². The van der Waals surface area contributed by atoms with Gasteiger partial charge in [-0.25, -0.2) is 4.99 Å². The number of aliphatic hydroxyl groups is 1. The van der Waals surface area contributed by atoms with Crippen LogP contribution in [0.2, 0.25) is 0 Å². The number of phenols is 1. The highest BCUT2D eigenvalue weighted by molar-refractivity contribution is 7.10. The molecule has 5 rings (SSSR count). The summed E-state index contributed by atoms with van der Waals surface area (Å²) in [6, 6.07) is 22.6. The number of fused-ring (bicyclic) bond motifs is 1. The SMILES string of the molecule is COc1cc(C=CC2=Nc3ccccc3C(O)N2c2ccc(C#Cc3cccs3)cc2C)ccc1O. The lowest BCUT2D eigenvalue weighted by Gasteiger charge is -2.35. The van der Waals surface area contributed by atoms with Crippen LogP contribution >= 0.6 is 11.3 Å². The molecule has 0 aliphatic carbocycles. The molecule has 3 aromatic carbocycles. The van der Waals surface area contributed by atoms with E-state index in [0.717, 1.165) is 38.5 Å². The van der Waals surface area contributed by atoms with Gasteiger partial charge >= 0.3 is 0 Å². The van der Waals surface area contributed by atoms with Gasteiger partial charge in [0.1, 0.15) is 5.84 Å². The molecule has 36 heavy (non-hydrogen) atoms. The summed E-state index contributed by atoms with van der Waals surface area (Å²) in [6.07, 6.45) is 2.83. The zero-order valence-corrected chi connectivity index (χ0v) is 20.7. The van der Waals surface area contributed by atoms with Gasteiger partial charge in [0.05, 0.1) is 17.7 Å². The van der Waals surface area contributed by atoms with E-state index >= 15 is 0 Å². The number of nitrogens with zero attached hydrogens (tertiary/aromatic N) is 2. The van der Waals surface area contributed by atoms with Crippen LogP contribution in [0.25, 0.3) is 6.08 Å². The van der Waals surface area contributed by atoms with Crippen LogP contribution in [0.4, 0.5) is 11.4 Å². The van der Waals surface area contributed by atoms with Gasteiger partial charge in [0.2, 0.25) is 0 Å². The number of aryl methyl sites for hydroxylation is 1. The smallest absolute Gasteiger partial charge is 0.161 e. The Morgan fingerprint density at radius 3 is 2.64 bits per heavy atom. The number of benzene rings is 3. The standard InChI is InChI=1S/C30H24N2O3S/c1-20-18-21(9-13-23-6-5-17-36-23)10-14-26(20)32-29(31-25-8-4-3-7-24(25)30(32)34)16-12-22-11-15-27(33)28(19-22)35-2/h3-8,10-12,14-19,30,33-34H,1-2H3. The Labute approximate surface area is 214 Å². The van der Waals surface area contributed by atoms with Gasteiger partial charge in [-0.3, -0.25) is 4.90 Å². The van der Waals surface area contributed by atoms with Gasteiger partial charge < -0.3 is 14.9 Å². The summed E-state index contributed by atoms with van der Waals surface area (Å²) in [6.45, 7) is 2.01. The fraction of sp³-hybridized carbons (Fsp3) is 0.100. The highest BCUT2D eigenvalue weighted by Gasteiger charge is 2.29. The third-order valence-electron chi connectivity index (χ3n) is 5.88. The molecule has 6 heteroatoms. The summed E-state index contributed by atoms with van der Waals surface area (Å²) in [5, 5.41) is 23.3. The molecule has 0 fully saturated rings. The van der Waals surface area contributed by atoms with Crippen LogP contribution in [0.1, 0.15) is 33.4 Å². The van der Waals surface area contributed by atoms with E-state index in [-0.39, 0.29) is 5.75 Å². The predicted octanol–water partition coefficient (Wildman–Crippen LogP) is 6.43. The summed E-state index contributed by atoms with van der Waals surface area (Å²) >= 11 is 1.61. The molecule has 0 radical (unpaired) electrons. The topological polar surface area (TPSA) is 65.3 Å². The quantitative estimate of drug-likeness (QED) is 0.323. The second kappa shape index (κ2) is 10.1. The Balaban J connectivity index is 1.53. The fourth-order valence-electron chi connectivity index (χ4n) is 4.08. The second-order valence-electron chi connectivity index (χ2n) is 8.27. The summed E-state index contributed by atoms with van der Waals surface area (Å²) in [5.74, 6) is 7.47. The van der Waals surface area contributed by atoms with Crippen LogP contribution in [-0.2, 0) is 0 Å². The zero-order chi connectivity index (χ0) is 25.1. The first-order valence-corrected chi connectivity index (χ1v) is 12.3. The average molecular weight is 493 g/mol. The molecule has 0 amide bonds. The zero-order valence-electron chi connectivity index (χ0n) is 19.8. The van der Waals surface area contributed by atoms with Crippen molar-refractivity contribution in [2.45, 2.75) is 13.2 Å². The normalized spacial score (nSPS) is 14.7. The minimum absolute atomic E-state index is 0.0773. The van der Waals surface area contributed by atoms with Crippen molar-refractivity contribution in [3.05, 3.63) is 111 Å². The number of aliphatic hydroxyl groups excluding tert-OH is 1. The van der Waals surface area contributed by atoms with Gasteiger partial charge in [0.25, 0.3) is 0 Å². The van der Waals surface area contributed by atoms with E-state index in [2.05, 4.69) is 11.8 Å². The number of aliphatic imine (C=N–C) groups is 1. The molecule has 0 saturated heterocycles. The van der Waals surface area contributed by atoms with Gasteiger partial charge in [-0.2, -0.15) is 0 Å². The summed E-state index contributed by atoms with van der Waals surface area (Å²) in [5.41, 5.74) is 5.00. The molecule has 178 valence electrons. The Morgan fingerprint density at radius 2 is 1.86 bits per heavy atom. The van der Waals surface area contributed by atoms with Crippen molar-refractivity contribution in [1.29, 1.82) is 0 Å². The van der Waals surface area contributed by atoms with Crippen molar-refractivity contribution < 1.29 is 14.9 Å². The number of hydrogen-bond donors (Lipinski definition) is 2. The molecule has 4 aromatic rings. The minimum Gasteiger partial charge on any atom is -0.504 e. The number of hydrogen-bond acceptors (Lipinski definition) is 6. The molecule has 1 unspecified atom stereocenters. The maximum absolute atomic E-state index is 11.4. The number of anilines is 1. The van der Waals surface area contributed by atoms with E-state index in [4.69, 9.17) is 9.73 Å². The van der Waals surface area contributed by atoms with Crippen LogP contribution in [-0.4, -0.2) is 23.2 Å². The minimum atomic E-state index is -0.908. The average Bonchev–Trinajstić information content (AvgIpc) is 3.41. The van der Waals surface area contributed by atoms with Gasteiger partial charge in [0, 0.05) is 16.8 Å². The molecular weight excluding hydrogens is 468 g/mol. The first kappa shape index (κ1) is 23.4. The van der Waals surface area contributed by atoms with E-state index in [9.17, 15) is 10.2 Å². The molecular formula is C30H24N2O3S. The van der Waals surface area contributed by atoms with Crippen molar-refractivity contribution in [3.63, 3.8) is 0 Å². The largest absolute Gasteiger partial charge is 0.504 e. The summed E-state index contributed by atoms with van der Waals surface area (Å²) in [7, 11) is 1.51. The number of thiophene rings is 1. The first-order valence-electron chi connectivity index (χ1n) is 11.4. The van der Waals surface area contributed by atoms with Gasteiger partial charge in [0.15, 0.2) is 17.7 Å². The van der Waals surface area contributed by atoms with Gasteiger partial charge in [-0.05, 0) is 72.0 Å². The van der Waals surface area contributed by atoms with Crippen molar-refractivity contribution in [2.75, 3.05) is 12.0 Å². The molecule has 0 saturated carbocycles. The van der Waals surface area contributed by atoms with E-state index in [1.807, 2.05) is 84.0 Å². The van der Waals surface area contributed by atoms with Gasteiger partial charge in [-0.15, -0.1) is 11.3 Å². The number of para-hydroxylation sites is 1. The number of rotatable bonds is 4. The molecule has 1 atom stereocenters. The van der Waals surface area contributed by atoms with Crippen molar-refractivity contribution in [3.8, 4) is 23.3 Å². The Kier molecular flexibility index (Phi) is 6.59. The lowest BCUT2D eigenvalue weighted by Crippen LogP contribution is -2.36. The lowest BCUT2D eigenvalue weighted by molar-refractivity contribution is 0.187. The van der Waals surface area contributed by atoms with E-state index < -0.39 is 6.23 Å². The third kappa shape index (κ3) is 4.76. The maximum Gasteiger partial charge on any atom is 0.161 e. The third-order valence-corrected chi connectivity index (χ3v) is 6.66. The fourth-order valence-corrected chi connectivity index (χ4v) is 4.65. The number of methoxy groups -OCH3 is 1. The van der Waals surface area contributed by atoms with E-state index in [1.165, 1.54) is 7.11 Å².